The Kier molecular flexibility index (Phi) is 6.61. The van der Waals surface area contributed by atoms with Gasteiger partial charge in [0.15, 0.2) is 0 Å². The molecule has 144 valence electrons. The van der Waals surface area contributed by atoms with E-state index < -0.39 is 0 Å². The first kappa shape index (κ1) is 20.5. The number of hydrogen-bond acceptors (Lipinski definition) is 4. The number of ether oxygens (including phenoxy) is 2. The Morgan fingerprint density at radius 2 is 1.70 bits per heavy atom. The number of rotatable bonds is 6. The zero-order valence-corrected chi connectivity index (χ0v) is 16.9. The number of hydrazone groups is 1. The number of nitrogens with zero attached hydrogens (tertiary/aromatic N) is 1. The summed E-state index contributed by atoms with van der Waals surface area (Å²) in [6.07, 6.45) is 0.279. The average molecular weight is 368 g/mol. The van der Waals surface area contributed by atoms with Crippen LogP contribution >= 0.6 is 0 Å². The predicted octanol–water partition coefficient (Wildman–Crippen LogP) is 4.08. The molecule has 2 aromatic rings. The summed E-state index contributed by atoms with van der Waals surface area (Å²) in [7, 11) is 3.19. The number of nitrogens with one attached hydrogen (secondary N) is 1. The van der Waals surface area contributed by atoms with Gasteiger partial charge in [0.25, 0.3) is 0 Å². The van der Waals surface area contributed by atoms with Crippen LogP contribution in [0.3, 0.4) is 0 Å². The molecule has 5 heteroatoms. The van der Waals surface area contributed by atoms with Crippen molar-refractivity contribution < 1.29 is 14.3 Å². The van der Waals surface area contributed by atoms with Crippen molar-refractivity contribution in [3.8, 4) is 11.5 Å². The van der Waals surface area contributed by atoms with Crippen LogP contribution in [0.4, 0.5) is 0 Å². The van der Waals surface area contributed by atoms with E-state index in [-0.39, 0.29) is 17.7 Å². The third-order valence-electron chi connectivity index (χ3n) is 4.33. The summed E-state index contributed by atoms with van der Waals surface area (Å²) in [5.74, 6) is 1.18. The molecule has 0 bridgehead atoms. The van der Waals surface area contributed by atoms with Gasteiger partial charge in [-0.3, -0.25) is 4.79 Å². The van der Waals surface area contributed by atoms with Gasteiger partial charge in [0, 0.05) is 11.6 Å². The molecular formula is C22H28N2O3. The van der Waals surface area contributed by atoms with E-state index in [1.807, 2.05) is 31.2 Å². The Hall–Kier alpha value is -2.82. The number of methoxy groups -OCH3 is 2. The van der Waals surface area contributed by atoms with E-state index in [1.165, 1.54) is 5.56 Å². The smallest absolute Gasteiger partial charge is 0.244 e. The molecule has 0 aliphatic carbocycles. The Labute approximate surface area is 161 Å². The summed E-state index contributed by atoms with van der Waals surface area (Å²) in [4.78, 5) is 12.2. The first-order chi connectivity index (χ1) is 12.7. The lowest BCUT2D eigenvalue weighted by Gasteiger charge is -2.19. The van der Waals surface area contributed by atoms with Crippen molar-refractivity contribution in [3.05, 3.63) is 59.2 Å². The van der Waals surface area contributed by atoms with Crippen molar-refractivity contribution in [3.63, 3.8) is 0 Å². The maximum absolute atomic E-state index is 12.2. The molecule has 27 heavy (non-hydrogen) atoms. The monoisotopic (exact) mass is 368 g/mol. The number of amides is 1. The largest absolute Gasteiger partial charge is 0.497 e. The minimum Gasteiger partial charge on any atom is -0.497 e. The molecule has 0 fully saturated rings. The summed E-state index contributed by atoms with van der Waals surface area (Å²) < 4.78 is 10.6. The minimum atomic E-state index is -0.162. The first-order valence-corrected chi connectivity index (χ1v) is 8.89. The molecule has 1 amide bonds. The van der Waals surface area contributed by atoms with Crippen LogP contribution < -0.4 is 14.9 Å². The van der Waals surface area contributed by atoms with Gasteiger partial charge in [-0.15, -0.1) is 0 Å². The maximum Gasteiger partial charge on any atom is 0.244 e. The second kappa shape index (κ2) is 8.71. The van der Waals surface area contributed by atoms with Crippen molar-refractivity contribution in [1.29, 1.82) is 0 Å². The minimum absolute atomic E-state index is 0.0968. The number of hydrogen-bond donors (Lipinski definition) is 1. The van der Waals surface area contributed by atoms with Gasteiger partial charge in [-0.2, -0.15) is 5.10 Å². The fraction of sp³-hybridized carbons (Fsp3) is 0.364. The van der Waals surface area contributed by atoms with Crippen molar-refractivity contribution in [1.82, 2.24) is 5.43 Å². The van der Waals surface area contributed by atoms with E-state index in [0.29, 0.717) is 17.2 Å². The summed E-state index contributed by atoms with van der Waals surface area (Å²) in [6, 6.07) is 13.6. The highest BCUT2D eigenvalue weighted by atomic mass is 16.5. The molecule has 0 spiro atoms. The van der Waals surface area contributed by atoms with Gasteiger partial charge in [-0.05, 0) is 35.6 Å². The molecule has 0 aromatic heterocycles. The molecule has 1 N–H and O–H groups in total. The average Bonchev–Trinajstić information content (AvgIpc) is 2.65. The second-order valence-corrected chi connectivity index (χ2v) is 7.42. The maximum atomic E-state index is 12.2. The third kappa shape index (κ3) is 5.58. The van der Waals surface area contributed by atoms with Crippen LogP contribution in [0.25, 0.3) is 0 Å². The molecule has 2 rings (SSSR count). The summed E-state index contributed by atoms with van der Waals surface area (Å²) >= 11 is 0. The SMILES string of the molecule is COc1ccc(/C(C)=N\NC(=O)Cc2ccc(C(C)(C)C)cc2)c(OC)c1. The van der Waals surface area contributed by atoms with Crippen molar-refractivity contribution in [2.75, 3.05) is 14.2 Å². The van der Waals surface area contributed by atoms with Crippen LogP contribution in [0.1, 0.15) is 44.4 Å². The van der Waals surface area contributed by atoms with Crippen LogP contribution in [0.5, 0.6) is 11.5 Å². The quantitative estimate of drug-likeness (QED) is 0.617. The number of carbonyl (C=O) groups excluding carboxylic acids is 1. The molecule has 0 aliphatic rings. The summed E-state index contributed by atoms with van der Waals surface area (Å²) in [5.41, 5.74) is 6.37. The lowest BCUT2D eigenvalue weighted by atomic mass is 9.86. The molecular weight excluding hydrogens is 340 g/mol. The molecule has 2 aromatic carbocycles. The van der Waals surface area contributed by atoms with Crippen molar-refractivity contribution in [2.45, 2.75) is 39.5 Å². The van der Waals surface area contributed by atoms with E-state index in [4.69, 9.17) is 9.47 Å². The van der Waals surface area contributed by atoms with E-state index in [9.17, 15) is 4.79 Å². The topological polar surface area (TPSA) is 59.9 Å². The van der Waals surface area contributed by atoms with E-state index >= 15 is 0 Å². The summed E-state index contributed by atoms with van der Waals surface area (Å²) in [5, 5.41) is 4.21. The Balaban J connectivity index is 2.03. The predicted molar refractivity (Wildman–Crippen MR) is 109 cm³/mol. The Morgan fingerprint density at radius 1 is 1.04 bits per heavy atom. The molecule has 5 nitrogen and oxygen atoms in total. The molecule has 0 heterocycles. The fourth-order valence-electron chi connectivity index (χ4n) is 2.65. The van der Waals surface area contributed by atoms with E-state index in [0.717, 1.165) is 11.1 Å². The lowest BCUT2D eigenvalue weighted by Crippen LogP contribution is -2.21. The van der Waals surface area contributed by atoms with Crippen molar-refractivity contribution in [2.24, 2.45) is 5.10 Å². The molecule has 0 unspecified atom stereocenters. The van der Waals surface area contributed by atoms with Gasteiger partial charge >= 0.3 is 0 Å². The van der Waals surface area contributed by atoms with Gasteiger partial charge < -0.3 is 9.47 Å². The van der Waals surface area contributed by atoms with Gasteiger partial charge in [0.05, 0.1) is 26.4 Å². The van der Waals surface area contributed by atoms with Crippen LogP contribution in [0.15, 0.2) is 47.6 Å². The normalized spacial score (nSPS) is 11.9. The number of benzene rings is 2. The first-order valence-electron chi connectivity index (χ1n) is 8.89. The molecule has 0 atom stereocenters. The van der Waals surface area contributed by atoms with E-state index in [1.54, 1.807) is 20.3 Å². The van der Waals surface area contributed by atoms with Gasteiger partial charge in [-0.25, -0.2) is 5.43 Å². The van der Waals surface area contributed by atoms with Gasteiger partial charge in [-0.1, -0.05) is 45.0 Å². The molecule has 0 saturated carbocycles. The van der Waals surface area contributed by atoms with Crippen LogP contribution in [-0.2, 0) is 16.6 Å². The highest BCUT2D eigenvalue weighted by molar-refractivity contribution is 6.01. The molecule has 0 saturated heterocycles. The highest BCUT2D eigenvalue weighted by Crippen LogP contribution is 2.25. The zero-order chi connectivity index (χ0) is 20.0. The molecule has 0 aliphatic heterocycles. The van der Waals surface area contributed by atoms with E-state index in [2.05, 4.69) is 43.4 Å². The fourth-order valence-corrected chi connectivity index (χ4v) is 2.65. The van der Waals surface area contributed by atoms with Crippen LogP contribution in [0.2, 0.25) is 0 Å². The van der Waals surface area contributed by atoms with Crippen LogP contribution in [0, 0.1) is 0 Å². The third-order valence-corrected chi connectivity index (χ3v) is 4.33. The standard InChI is InChI=1S/C22H28N2O3/c1-15(19-12-11-18(26-5)14-20(19)27-6)23-24-21(25)13-16-7-9-17(10-8-16)22(2,3)4/h7-12,14H,13H2,1-6H3,(H,24,25)/b23-15-. The zero-order valence-electron chi connectivity index (χ0n) is 16.9. The second-order valence-electron chi connectivity index (χ2n) is 7.42. The Morgan fingerprint density at radius 3 is 2.26 bits per heavy atom. The Bertz CT molecular complexity index is 818. The molecule has 0 radical (unpaired) electrons. The van der Waals surface area contributed by atoms with Gasteiger partial charge in [0.2, 0.25) is 5.91 Å². The van der Waals surface area contributed by atoms with Crippen molar-refractivity contribution >= 4 is 11.6 Å². The van der Waals surface area contributed by atoms with Gasteiger partial charge in [0.1, 0.15) is 11.5 Å². The number of carbonyl (C=O) groups is 1. The van der Waals surface area contributed by atoms with Crippen LogP contribution in [-0.4, -0.2) is 25.8 Å². The highest BCUT2D eigenvalue weighted by Gasteiger charge is 2.13. The summed E-state index contributed by atoms with van der Waals surface area (Å²) in [6.45, 7) is 8.32. The lowest BCUT2D eigenvalue weighted by molar-refractivity contribution is -0.120.